The molecule has 0 bridgehead atoms. The smallest absolute Gasteiger partial charge is 0.133 e. The highest BCUT2D eigenvalue weighted by atomic mass is 35.5. The second-order valence-corrected chi connectivity index (χ2v) is 5.29. The standard InChI is InChI=1S/C11H13ClN2S2/c12-9-2-1-3-10(8-9)13-4-6-14(7-5-13)11(15)16/h1-3,8H,4-7H2,(H,15,16). The van der Waals surface area contributed by atoms with Crippen LogP contribution in [0.25, 0.3) is 0 Å². The predicted octanol–water partition coefficient (Wildman–Crippen LogP) is 2.68. The average molecular weight is 273 g/mol. The summed E-state index contributed by atoms with van der Waals surface area (Å²) in [6.45, 7) is 3.77. The number of hydrogen-bond acceptors (Lipinski definition) is 2. The molecule has 1 fully saturated rings. The number of anilines is 1. The van der Waals surface area contributed by atoms with E-state index >= 15 is 0 Å². The Labute approximate surface area is 112 Å². The Bertz CT molecular complexity index is 389. The summed E-state index contributed by atoms with van der Waals surface area (Å²) in [5, 5.41) is 0.782. The number of rotatable bonds is 1. The van der Waals surface area contributed by atoms with Crippen LogP contribution in [0.5, 0.6) is 0 Å². The molecule has 2 rings (SSSR count). The molecule has 1 heterocycles. The van der Waals surface area contributed by atoms with Crippen LogP contribution in [-0.2, 0) is 0 Å². The third-order valence-electron chi connectivity index (χ3n) is 2.72. The maximum absolute atomic E-state index is 5.97. The van der Waals surface area contributed by atoms with Gasteiger partial charge in [0.2, 0.25) is 0 Å². The molecule has 0 radical (unpaired) electrons. The van der Waals surface area contributed by atoms with E-state index in [1.54, 1.807) is 0 Å². The molecule has 1 aliphatic heterocycles. The summed E-state index contributed by atoms with van der Waals surface area (Å²) >= 11 is 15.2. The molecule has 0 aromatic heterocycles. The Morgan fingerprint density at radius 1 is 1.25 bits per heavy atom. The highest BCUT2D eigenvalue weighted by molar-refractivity contribution is 8.10. The number of thiocarbonyl (C=S) groups is 1. The third kappa shape index (κ3) is 2.81. The van der Waals surface area contributed by atoms with E-state index in [2.05, 4.69) is 28.5 Å². The van der Waals surface area contributed by atoms with Gasteiger partial charge in [-0.05, 0) is 18.2 Å². The number of hydrogen-bond donors (Lipinski definition) is 1. The van der Waals surface area contributed by atoms with Crippen LogP contribution < -0.4 is 4.90 Å². The van der Waals surface area contributed by atoms with Crippen LogP contribution in [0.1, 0.15) is 0 Å². The predicted molar refractivity (Wildman–Crippen MR) is 76.8 cm³/mol. The Balaban J connectivity index is 2.01. The van der Waals surface area contributed by atoms with E-state index in [9.17, 15) is 0 Å². The van der Waals surface area contributed by atoms with Gasteiger partial charge in [0.25, 0.3) is 0 Å². The van der Waals surface area contributed by atoms with Gasteiger partial charge in [-0.25, -0.2) is 0 Å². The SMILES string of the molecule is S=C(S)N1CCN(c2cccc(Cl)c2)CC1. The molecule has 0 saturated carbocycles. The van der Waals surface area contributed by atoms with Crippen molar-refractivity contribution in [2.45, 2.75) is 0 Å². The van der Waals surface area contributed by atoms with Crippen molar-refractivity contribution < 1.29 is 0 Å². The molecule has 0 N–H and O–H groups in total. The Kier molecular flexibility index (Phi) is 3.95. The summed E-state index contributed by atoms with van der Waals surface area (Å²) in [5.41, 5.74) is 1.18. The van der Waals surface area contributed by atoms with Gasteiger partial charge in [-0.2, -0.15) is 0 Å². The molecule has 16 heavy (non-hydrogen) atoms. The van der Waals surface area contributed by atoms with E-state index < -0.39 is 0 Å². The molecule has 86 valence electrons. The largest absolute Gasteiger partial charge is 0.368 e. The number of thiol groups is 1. The van der Waals surface area contributed by atoms with Gasteiger partial charge < -0.3 is 9.80 Å². The van der Waals surface area contributed by atoms with E-state index in [1.165, 1.54) is 5.69 Å². The lowest BCUT2D eigenvalue weighted by molar-refractivity contribution is 0.398. The molecular weight excluding hydrogens is 260 g/mol. The lowest BCUT2D eigenvalue weighted by atomic mass is 10.2. The summed E-state index contributed by atoms with van der Waals surface area (Å²) < 4.78 is 0.686. The van der Waals surface area contributed by atoms with Crippen molar-refractivity contribution in [3.8, 4) is 0 Å². The van der Waals surface area contributed by atoms with Crippen LogP contribution >= 0.6 is 36.4 Å². The topological polar surface area (TPSA) is 6.48 Å². The minimum Gasteiger partial charge on any atom is -0.368 e. The summed E-state index contributed by atoms with van der Waals surface area (Å²) in [7, 11) is 0. The van der Waals surface area contributed by atoms with Gasteiger partial charge in [-0.1, -0.05) is 29.9 Å². The highest BCUT2D eigenvalue weighted by Crippen LogP contribution is 2.20. The molecule has 0 spiro atoms. The van der Waals surface area contributed by atoms with Crippen molar-refractivity contribution >= 4 is 46.5 Å². The van der Waals surface area contributed by atoms with Crippen molar-refractivity contribution in [2.24, 2.45) is 0 Å². The molecule has 0 aliphatic carbocycles. The Morgan fingerprint density at radius 2 is 1.94 bits per heavy atom. The number of benzene rings is 1. The van der Waals surface area contributed by atoms with Crippen molar-refractivity contribution in [3.05, 3.63) is 29.3 Å². The first-order valence-corrected chi connectivity index (χ1v) is 6.38. The molecule has 0 atom stereocenters. The molecule has 1 aromatic rings. The third-order valence-corrected chi connectivity index (χ3v) is 3.50. The van der Waals surface area contributed by atoms with E-state index in [1.807, 2.05) is 18.2 Å². The fourth-order valence-corrected chi connectivity index (χ4v) is 2.40. The van der Waals surface area contributed by atoms with Crippen LogP contribution in [0.2, 0.25) is 5.02 Å². The van der Waals surface area contributed by atoms with E-state index in [-0.39, 0.29) is 0 Å². The fourth-order valence-electron chi connectivity index (χ4n) is 1.83. The van der Waals surface area contributed by atoms with Crippen LogP contribution in [-0.4, -0.2) is 35.4 Å². The minimum absolute atomic E-state index is 0.686. The van der Waals surface area contributed by atoms with Gasteiger partial charge in [0.05, 0.1) is 0 Å². The fraction of sp³-hybridized carbons (Fsp3) is 0.364. The van der Waals surface area contributed by atoms with Gasteiger partial charge in [-0.3, -0.25) is 0 Å². The van der Waals surface area contributed by atoms with Gasteiger partial charge in [0.15, 0.2) is 0 Å². The number of piperazine rings is 1. The highest BCUT2D eigenvalue weighted by Gasteiger charge is 2.17. The van der Waals surface area contributed by atoms with Gasteiger partial charge >= 0.3 is 0 Å². The first-order valence-electron chi connectivity index (χ1n) is 5.15. The number of halogens is 1. The summed E-state index contributed by atoms with van der Waals surface area (Å²) in [6, 6.07) is 7.95. The zero-order chi connectivity index (χ0) is 11.5. The summed E-state index contributed by atoms with van der Waals surface area (Å²) in [4.78, 5) is 4.42. The zero-order valence-electron chi connectivity index (χ0n) is 8.77. The molecule has 1 saturated heterocycles. The summed E-state index contributed by atoms with van der Waals surface area (Å²) in [6.07, 6.45) is 0. The van der Waals surface area contributed by atoms with Gasteiger partial charge in [0, 0.05) is 36.9 Å². The molecular formula is C11H13ClN2S2. The van der Waals surface area contributed by atoms with Crippen molar-refractivity contribution in [1.82, 2.24) is 4.90 Å². The Morgan fingerprint density at radius 3 is 2.50 bits per heavy atom. The second-order valence-electron chi connectivity index (χ2n) is 3.74. The Hall–Kier alpha value is -0.450. The van der Waals surface area contributed by atoms with Crippen molar-refractivity contribution in [3.63, 3.8) is 0 Å². The van der Waals surface area contributed by atoms with Gasteiger partial charge in [-0.15, -0.1) is 12.6 Å². The minimum atomic E-state index is 0.686. The lowest BCUT2D eigenvalue weighted by Gasteiger charge is -2.36. The lowest BCUT2D eigenvalue weighted by Crippen LogP contribution is -2.47. The van der Waals surface area contributed by atoms with Crippen molar-refractivity contribution in [1.29, 1.82) is 0 Å². The first-order chi connectivity index (χ1) is 7.66. The van der Waals surface area contributed by atoms with Crippen LogP contribution in [0, 0.1) is 0 Å². The quantitative estimate of drug-likeness (QED) is 0.621. The van der Waals surface area contributed by atoms with Crippen LogP contribution in [0.4, 0.5) is 5.69 Å². The summed E-state index contributed by atoms with van der Waals surface area (Å²) in [5.74, 6) is 0. The van der Waals surface area contributed by atoms with Crippen LogP contribution in [0.3, 0.4) is 0 Å². The van der Waals surface area contributed by atoms with Crippen molar-refractivity contribution in [2.75, 3.05) is 31.1 Å². The monoisotopic (exact) mass is 272 g/mol. The molecule has 2 nitrogen and oxygen atoms in total. The normalized spacial score (nSPS) is 16.4. The number of nitrogens with zero attached hydrogens (tertiary/aromatic N) is 2. The molecule has 1 aromatic carbocycles. The molecule has 5 heteroatoms. The first kappa shape index (κ1) is 12.0. The zero-order valence-corrected chi connectivity index (χ0v) is 11.2. The maximum Gasteiger partial charge on any atom is 0.133 e. The maximum atomic E-state index is 5.97. The van der Waals surface area contributed by atoms with Crippen LogP contribution in [0.15, 0.2) is 24.3 Å². The second kappa shape index (κ2) is 5.25. The average Bonchev–Trinajstić information content (AvgIpc) is 2.29. The van der Waals surface area contributed by atoms with E-state index in [0.717, 1.165) is 31.2 Å². The molecule has 1 aliphatic rings. The molecule has 0 amide bonds. The molecule has 0 unspecified atom stereocenters. The van der Waals surface area contributed by atoms with Gasteiger partial charge in [0.1, 0.15) is 4.32 Å². The van der Waals surface area contributed by atoms with E-state index in [4.69, 9.17) is 23.8 Å². The van der Waals surface area contributed by atoms with E-state index in [0.29, 0.717) is 4.32 Å².